The van der Waals surface area contributed by atoms with Gasteiger partial charge < -0.3 is 9.88 Å². The van der Waals surface area contributed by atoms with Crippen LogP contribution in [0.4, 0.5) is 0 Å². The zero-order valence-corrected chi connectivity index (χ0v) is 13.7. The van der Waals surface area contributed by atoms with Gasteiger partial charge in [0.15, 0.2) is 0 Å². The Morgan fingerprint density at radius 2 is 2.05 bits per heavy atom. The monoisotopic (exact) mass is 323 g/mol. The number of benzene rings is 1. The van der Waals surface area contributed by atoms with Crippen LogP contribution in [0.5, 0.6) is 0 Å². The van der Waals surface area contributed by atoms with Crippen molar-refractivity contribution in [2.45, 2.75) is 46.2 Å². The second kappa shape index (κ2) is 5.63. The van der Waals surface area contributed by atoms with Crippen LogP contribution in [0.15, 0.2) is 22.7 Å². The molecule has 4 heteroatoms. The third kappa shape index (κ3) is 2.84. The van der Waals surface area contributed by atoms with Gasteiger partial charge in [0.2, 0.25) is 0 Å². The van der Waals surface area contributed by atoms with Gasteiger partial charge in [0.05, 0.1) is 16.6 Å². The lowest BCUT2D eigenvalue weighted by Gasteiger charge is -2.26. The molecule has 1 heterocycles. The van der Waals surface area contributed by atoms with Crippen LogP contribution >= 0.6 is 15.9 Å². The van der Waals surface area contributed by atoms with E-state index in [0.29, 0.717) is 0 Å². The van der Waals surface area contributed by atoms with E-state index in [1.807, 2.05) is 0 Å². The van der Waals surface area contributed by atoms with Crippen molar-refractivity contribution in [3.05, 3.63) is 28.5 Å². The molecular formula is C15H22BrN3. The summed E-state index contributed by atoms with van der Waals surface area (Å²) in [6, 6.07) is 6.32. The van der Waals surface area contributed by atoms with E-state index in [-0.39, 0.29) is 5.54 Å². The summed E-state index contributed by atoms with van der Waals surface area (Å²) in [5.74, 6) is 1.12. The van der Waals surface area contributed by atoms with Crippen molar-refractivity contribution >= 4 is 27.0 Å². The Morgan fingerprint density at radius 3 is 2.68 bits per heavy atom. The number of nitrogens with zero attached hydrogens (tertiary/aromatic N) is 2. The molecule has 0 unspecified atom stereocenters. The molecule has 1 aromatic heterocycles. The quantitative estimate of drug-likeness (QED) is 0.899. The van der Waals surface area contributed by atoms with Crippen molar-refractivity contribution in [3.8, 4) is 0 Å². The number of rotatable bonds is 5. The Balaban J connectivity index is 2.62. The second-order valence-corrected chi connectivity index (χ2v) is 6.29. The van der Waals surface area contributed by atoms with E-state index in [9.17, 15) is 0 Å². The Morgan fingerprint density at radius 1 is 1.32 bits per heavy atom. The number of aromatic nitrogens is 2. The van der Waals surface area contributed by atoms with Gasteiger partial charge in [-0.05, 0) is 45.0 Å². The highest BCUT2D eigenvalue weighted by Crippen LogP contribution is 2.27. The van der Waals surface area contributed by atoms with Crippen molar-refractivity contribution in [1.29, 1.82) is 0 Å². The molecule has 0 aliphatic rings. The predicted octanol–water partition coefficient (Wildman–Crippen LogP) is 4.05. The van der Waals surface area contributed by atoms with Crippen molar-refractivity contribution < 1.29 is 0 Å². The number of hydrogen-bond acceptors (Lipinski definition) is 2. The summed E-state index contributed by atoms with van der Waals surface area (Å²) < 4.78 is 3.42. The summed E-state index contributed by atoms with van der Waals surface area (Å²) in [5, 5.41) is 3.52. The van der Waals surface area contributed by atoms with E-state index in [1.54, 1.807) is 0 Å². The number of nitrogens with one attached hydrogen (secondary N) is 1. The highest BCUT2D eigenvalue weighted by molar-refractivity contribution is 9.10. The van der Waals surface area contributed by atoms with Gasteiger partial charge in [0.25, 0.3) is 0 Å². The van der Waals surface area contributed by atoms with Crippen molar-refractivity contribution in [3.63, 3.8) is 0 Å². The van der Waals surface area contributed by atoms with Crippen LogP contribution in [-0.2, 0) is 12.1 Å². The standard InChI is InChI=1S/C15H22BrN3/c1-5-9-19-13-8-7-11(16)10-12(13)18-14(19)15(3,4)17-6-2/h7-8,10,17H,5-6,9H2,1-4H3. The topological polar surface area (TPSA) is 29.9 Å². The molecule has 2 aromatic rings. The molecule has 0 atom stereocenters. The van der Waals surface area contributed by atoms with Crippen molar-refractivity contribution in [2.75, 3.05) is 6.54 Å². The molecule has 1 N–H and O–H groups in total. The van der Waals surface area contributed by atoms with E-state index in [4.69, 9.17) is 4.98 Å². The highest BCUT2D eigenvalue weighted by Gasteiger charge is 2.26. The molecule has 0 spiro atoms. The number of halogens is 1. The molecule has 2 rings (SSSR count). The summed E-state index contributed by atoms with van der Waals surface area (Å²) in [6.45, 7) is 10.7. The van der Waals surface area contributed by atoms with Gasteiger partial charge in [-0.3, -0.25) is 0 Å². The predicted molar refractivity (Wildman–Crippen MR) is 84.4 cm³/mol. The maximum atomic E-state index is 4.85. The number of aryl methyl sites for hydroxylation is 1. The van der Waals surface area contributed by atoms with Gasteiger partial charge in [-0.25, -0.2) is 4.98 Å². The highest BCUT2D eigenvalue weighted by atomic mass is 79.9. The minimum absolute atomic E-state index is 0.116. The Bertz CT molecular complexity index is 572. The molecule has 0 fully saturated rings. The van der Waals surface area contributed by atoms with Crippen LogP contribution in [0.2, 0.25) is 0 Å². The van der Waals surface area contributed by atoms with Gasteiger partial charge in [-0.15, -0.1) is 0 Å². The average Bonchev–Trinajstić information content (AvgIpc) is 2.68. The van der Waals surface area contributed by atoms with Crippen LogP contribution in [0.25, 0.3) is 11.0 Å². The maximum Gasteiger partial charge on any atom is 0.129 e. The molecule has 0 aliphatic heterocycles. The fraction of sp³-hybridized carbons (Fsp3) is 0.533. The molecule has 0 saturated heterocycles. The fourth-order valence-corrected chi connectivity index (χ4v) is 2.90. The molecule has 0 radical (unpaired) electrons. The van der Waals surface area contributed by atoms with Crippen LogP contribution in [-0.4, -0.2) is 16.1 Å². The summed E-state index contributed by atoms with van der Waals surface area (Å²) in [5.41, 5.74) is 2.16. The van der Waals surface area contributed by atoms with E-state index in [2.05, 4.69) is 71.7 Å². The molecule has 0 bridgehead atoms. The first kappa shape index (κ1) is 14.5. The van der Waals surface area contributed by atoms with Gasteiger partial charge >= 0.3 is 0 Å². The summed E-state index contributed by atoms with van der Waals surface area (Å²) in [6.07, 6.45) is 1.11. The summed E-state index contributed by atoms with van der Waals surface area (Å²) in [4.78, 5) is 4.85. The van der Waals surface area contributed by atoms with E-state index >= 15 is 0 Å². The average molecular weight is 324 g/mol. The number of hydrogen-bond donors (Lipinski definition) is 1. The summed E-state index contributed by atoms with van der Waals surface area (Å²) >= 11 is 3.52. The Labute approximate surface area is 123 Å². The van der Waals surface area contributed by atoms with Gasteiger partial charge in [-0.2, -0.15) is 0 Å². The molecule has 0 amide bonds. The SMILES string of the molecule is CCCn1c(C(C)(C)NCC)nc2cc(Br)ccc21. The van der Waals surface area contributed by atoms with Crippen LogP contribution in [0.3, 0.4) is 0 Å². The lowest BCUT2D eigenvalue weighted by Crippen LogP contribution is -2.39. The minimum atomic E-state index is -0.116. The fourth-order valence-electron chi connectivity index (χ4n) is 2.55. The second-order valence-electron chi connectivity index (χ2n) is 5.38. The van der Waals surface area contributed by atoms with E-state index < -0.39 is 0 Å². The first-order valence-corrected chi connectivity index (χ1v) is 7.70. The van der Waals surface area contributed by atoms with Gasteiger partial charge in [0.1, 0.15) is 5.82 Å². The third-order valence-corrected chi connectivity index (χ3v) is 3.83. The zero-order chi connectivity index (χ0) is 14.0. The van der Waals surface area contributed by atoms with Gasteiger partial charge in [0, 0.05) is 11.0 Å². The number of imidazole rings is 1. The van der Waals surface area contributed by atoms with Gasteiger partial charge in [-0.1, -0.05) is 29.8 Å². The smallest absolute Gasteiger partial charge is 0.129 e. The van der Waals surface area contributed by atoms with Crippen molar-refractivity contribution in [2.24, 2.45) is 0 Å². The van der Waals surface area contributed by atoms with Crippen molar-refractivity contribution in [1.82, 2.24) is 14.9 Å². The Kier molecular flexibility index (Phi) is 4.31. The minimum Gasteiger partial charge on any atom is -0.326 e. The Hall–Kier alpha value is -0.870. The lowest BCUT2D eigenvalue weighted by molar-refractivity contribution is 0.375. The van der Waals surface area contributed by atoms with Crippen LogP contribution < -0.4 is 5.32 Å². The first-order valence-electron chi connectivity index (χ1n) is 6.91. The molecular weight excluding hydrogens is 302 g/mol. The van der Waals surface area contributed by atoms with Crippen LogP contribution in [0.1, 0.15) is 39.9 Å². The van der Waals surface area contributed by atoms with Crippen LogP contribution in [0, 0.1) is 0 Å². The first-order chi connectivity index (χ1) is 8.99. The normalized spacial score (nSPS) is 12.3. The molecule has 104 valence electrons. The van der Waals surface area contributed by atoms with E-state index in [1.165, 1.54) is 5.52 Å². The third-order valence-electron chi connectivity index (χ3n) is 3.34. The maximum absolute atomic E-state index is 4.85. The lowest BCUT2D eigenvalue weighted by atomic mass is 10.0. The zero-order valence-electron chi connectivity index (χ0n) is 12.1. The molecule has 0 saturated carbocycles. The number of fused-ring (bicyclic) bond motifs is 1. The largest absolute Gasteiger partial charge is 0.326 e. The molecule has 0 aliphatic carbocycles. The molecule has 19 heavy (non-hydrogen) atoms. The summed E-state index contributed by atoms with van der Waals surface area (Å²) in [7, 11) is 0. The molecule has 1 aromatic carbocycles. The van der Waals surface area contributed by atoms with E-state index in [0.717, 1.165) is 35.3 Å². The molecule has 3 nitrogen and oxygen atoms in total.